The predicted octanol–water partition coefficient (Wildman–Crippen LogP) is 6.15. The van der Waals surface area contributed by atoms with Gasteiger partial charge >= 0.3 is 0 Å². The third-order valence-corrected chi connectivity index (χ3v) is 7.46. The summed E-state index contributed by atoms with van der Waals surface area (Å²) in [5.41, 5.74) is 2.91. The molecule has 0 aliphatic carbocycles. The zero-order valence-electron chi connectivity index (χ0n) is 20.5. The minimum atomic E-state index is -0.679. The highest BCUT2D eigenvalue weighted by molar-refractivity contribution is 7.14. The fourth-order valence-corrected chi connectivity index (χ4v) is 4.94. The van der Waals surface area contributed by atoms with Crippen molar-refractivity contribution in [2.24, 2.45) is 0 Å². The Balaban J connectivity index is 1.26. The topological polar surface area (TPSA) is 138 Å². The van der Waals surface area contributed by atoms with Crippen molar-refractivity contribution in [3.05, 3.63) is 104 Å². The van der Waals surface area contributed by atoms with Crippen LogP contribution in [0.1, 0.15) is 15.9 Å². The molecule has 0 unspecified atom stereocenters. The predicted molar refractivity (Wildman–Crippen MR) is 155 cm³/mol. The van der Waals surface area contributed by atoms with Crippen molar-refractivity contribution in [3.63, 3.8) is 0 Å². The fraction of sp³-hybridized carbons (Fsp3) is 0.0370. The number of halogens is 2. The van der Waals surface area contributed by atoms with Gasteiger partial charge in [0, 0.05) is 27.2 Å². The number of thiazole rings is 1. The van der Waals surface area contributed by atoms with Crippen LogP contribution in [0.25, 0.3) is 11.3 Å². The number of aromatic nitrogens is 1. The summed E-state index contributed by atoms with van der Waals surface area (Å²) < 4.78 is 0. The number of carbonyl (C=O) groups excluding carboxylic acids is 3. The van der Waals surface area contributed by atoms with E-state index in [0.717, 1.165) is 10.5 Å². The van der Waals surface area contributed by atoms with Crippen LogP contribution in [0, 0.1) is 12.1 Å². The van der Waals surface area contributed by atoms with Crippen LogP contribution in [0.5, 0.6) is 0 Å². The van der Waals surface area contributed by atoms with Gasteiger partial charge in [0.05, 0.1) is 17.1 Å². The van der Waals surface area contributed by atoms with Crippen LogP contribution in [0.2, 0.25) is 5.02 Å². The largest absolute Gasteiger partial charge is 0.733 e. The number of anilines is 4. The number of benzene rings is 3. The van der Waals surface area contributed by atoms with Crippen LogP contribution >= 0.6 is 34.5 Å². The van der Waals surface area contributed by atoms with E-state index in [9.17, 15) is 19.6 Å². The molecular weight excluding hydrogens is 577 g/mol. The molecule has 3 amide bonds. The molecule has 0 spiro atoms. The highest BCUT2D eigenvalue weighted by Crippen LogP contribution is 2.32. The van der Waals surface area contributed by atoms with Gasteiger partial charge in [-0.2, -0.15) is 0 Å². The van der Waals surface area contributed by atoms with Crippen molar-refractivity contribution >= 4 is 74.5 Å². The lowest BCUT2D eigenvalue weighted by Crippen LogP contribution is -2.32. The Morgan fingerprint density at radius 3 is 2.50 bits per heavy atom. The van der Waals surface area contributed by atoms with Crippen molar-refractivity contribution in [1.82, 2.24) is 4.98 Å². The molecule has 1 aliphatic heterocycles. The molecule has 0 saturated heterocycles. The summed E-state index contributed by atoms with van der Waals surface area (Å²) in [4.78, 5) is 43.8. The number of rotatable bonds is 7. The molecule has 40 heavy (non-hydrogen) atoms. The zero-order chi connectivity index (χ0) is 28.6. The highest BCUT2D eigenvalue weighted by atomic mass is 35.5. The van der Waals surface area contributed by atoms with E-state index in [1.54, 1.807) is 48.7 Å². The second-order valence-corrected chi connectivity index (χ2v) is 10.2. The number of hydrogen-bond donors (Lipinski definition) is 3. The molecule has 0 atom stereocenters. The summed E-state index contributed by atoms with van der Waals surface area (Å²) in [7, 11) is 0. The summed E-state index contributed by atoms with van der Waals surface area (Å²) >= 11 is 13.6. The van der Waals surface area contributed by atoms with Gasteiger partial charge < -0.3 is 15.8 Å². The minimum Gasteiger partial charge on any atom is -0.733 e. The maximum atomic E-state index is 13.0. The van der Waals surface area contributed by atoms with Crippen molar-refractivity contribution in [1.29, 1.82) is 0 Å². The third kappa shape index (κ3) is 5.41. The Labute approximate surface area is 241 Å². The van der Waals surface area contributed by atoms with E-state index in [-0.39, 0.29) is 21.6 Å². The summed E-state index contributed by atoms with van der Waals surface area (Å²) in [6.45, 7) is 1.80. The number of amides is 3. The monoisotopic (exact) mass is 594 g/mol. The van der Waals surface area contributed by atoms with Crippen molar-refractivity contribution in [3.8, 4) is 11.3 Å². The van der Waals surface area contributed by atoms with E-state index in [1.165, 1.54) is 41.7 Å². The van der Waals surface area contributed by atoms with Crippen LogP contribution in [-0.2, 0) is 9.59 Å². The molecule has 0 fully saturated rings. The lowest BCUT2D eigenvalue weighted by molar-refractivity contribution is -0.120. The van der Waals surface area contributed by atoms with E-state index < -0.39 is 17.7 Å². The molecule has 4 aromatic rings. The summed E-state index contributed by atoms with van der Waals surface area (Å²) in [6.07, 6.45) is 0. The second kappa shape index (κ2) is 11.1. The minimum absolute atomic E-state index is 0.0535. The van der Waals surface area contributed by atoms with Gasteiger partial charge in [0.2, 0.25) is 0 Å². The molecule has 3 N–H and O–H groups in total. The fourth-order valence-electron chi connectivity index (χ4n) is 3.83. The average molecular weight is 595 g/mol. The van der Waals surface area contributed by atoms with Gasteiger partial charge in [0.15, 0.2) is 5.13 Å². The number of hydrogen-bond acceptors (Lipinski definition) is 9. The molecule has 0 bridgehead atoms. The average Bonchev–Trinajstić information content (AvgIpc) is 3.49. The van der Waals surface area contributed by atoms with Gasteiger partial charge in [-0.05, 0) is 61.0 Å². The molecule has 202 valence electrons. The second-order valence-electron chi connectivity index (χ2n) is 8.59. The normalized spacial score (nSPS) is 13.2. The van der Waals surface area contributed by atoms with Gasteiger partial charge in [0.25, 0.3) is 17.7 Å². The van der Waals surface area contributed by atoms with E-state index in [4.69, 9.17) is 28.4 Å². The van der Waals surface area contributed by atoms with Crippen LogP contribution in [0.4, 0.5) is 22.2 Å². The van der Waals surface area contributed by atoms with Gasteiger partial charge in [-0.3, -0.25) is 24.9 Å². The van der Waals surface area contributed by atoms with Crippen LogP contribution in [0.15, 0.2) is 82.8 Å². The Kier molecular flexibility index (Phi) is 7.57. The quantitative estimate of drug-likeness (QED) is 0.171. The molecule has 2 heterocycles. The SMILES string of the molecule is Cc1ccc(N2C(=O)C(Cl)=C(Nc3ccc(C(=O)Nc4nc(-c5cccc(N([O-])O)c5)cs4)cc3)C2=O)cc1Cl. The number of carbonyl (C=O) groups is 3. The lowest BCUT2D eigenvalue weighted by atomic mass is 10.1. The first-order chi connectivity index (χ1) is 19.1. The first kappa shape index (κ1) is 27.3. The summed E-state index contributed by atoms with van der Waals surface area (Å²) in [6, 6.07) is 17.3. The first-order valence-corrected chi connectivity index (χ1v) is 13.2. The van der Waals surface area contributed by atoms with Crippen molar-refractivity contribution < 1.29 is 19.6 Å². The number of nitrogens with zero attached hydrogens (tertiary/aromatic N) is 3. The molecule has 1 aromatic heterocycles. The Hall–Kier alpha value is -4.26. The molecule has 5 rings (SSSR count). The zero-order valence-corrected chi connectivity index (χ0v) is 22.8. The Morgan fingerprint density at radius 2 is 1.80 bits per heavy atom. The van der Waals surface area contributed by atoms with Gasteiger partial charge in [-0.15, -0.1) is 11.3 Å². The molecule has 0 saturated carbocycles. The van der Waals surface area contributed by atoms with E-state index in [1.807, 2.05) is 0 Å². The van der Waals surface area contributed by atoms with Crippen molar-refractivity contribution in [2.75, 3.05) is 20.8 Å². The molecule has 10 nitrogen and oxygen atoms in total. The van der Waals surface area contributed by atoms with Crippen LogP contribution in [-0.4, -0.2) is 27.9 Å². The smallest absolute Gasteiger partial charge is 0.283 e. The molecule has 13 heteroatoms. The van der Waals surface area contributed by atoms with E-state index in [2.05, 4.69) is 15.6 Å². The van der Waals surface area contributed by atoms with Gasteiger partial charge in [-0.1, -0.05) is 41.4 Å². The standard InChI is InChI=1S/C27H18Cl2N5O5S/c1-14-5-10-18(12-20(14)28)33-25(36)22(29)23(26(33)37)30-17-8-6-15(7-9-17)24(35)32-27-31-21(13-40-27)16-3-2-4-19(11-16)34(38)39/h2-13,30,38H,1H3,(H,31,32,35)/q-1. The molecule has 0 radical (unpaired) electrons. The lowest BCUT2D eigenvalue weighted by Gasteiger charge is -2.21. The van der Waals surface area contributed by atoms with Crippen LogP contribution in [0.3, 0.4) is 0 Å². The Bertz CT molecular complexity index is 1690. The van der Waals surface area contributed by atoms with Gasteiger partial charge in [0.1, 0.15) is 10.7 Å². The Morgan fingerprint density at radius 1 is 1.05 bits per heavy atom. The van der Waals surface area contributed by atoms with Crippen molar-refractivity contribution in [2.45, 2.75) is 6.92 Å². The maximum Gasteiger partial charge on any atom is 0.283 e. The highest BCUT2D eigenvalue weighted by Gasteiger charge is 2.39. The van der Waals surface area contributed by atoms with E-state index >= 15 is 0 Å². The molecule has 1 aliphatic rings. The van der Waals surface area contributed by atoms with Gasteiger partial charge in [-0.25, -0.2) is 9.88 Å². The number of aryl methyl sites for hydroxylation is 1. The summed E-state index contributed by atoms with van der Waals surface area (Å²) in [5.74, 6) is -1.74. The number of nitrogens with one attached hydrogen (secondary N) is 2. The number of imide groups is 1. The molecular formula is C27H18Cl2N5O5S-. The van der Waals surface area contributed by atoms with E-state index in [0.29, 0.717) is 38.3 Å². The summed E-state index contributed by atoms with van der Waals surface area (Å²) in [5, 5.41) is 27.8. The maximum absolute atomic E-state index is 13.0. The molecule has 3 aromatic carbocycles. The third-order valence-electron chi connectivity index (χ3n) is 5.94. The van der Waals surface area contributed by atoms with Crippen LogP contribution < -0.4 is 20.8 Å². The first-order valence-electron chi connectivity index (χ1n) is 11.6.